The summed E-state index contributed by atoms with van der Waals surface area (Å²) >= 11 is 0. The number of rotatable bonds is 10. The largest absolute Gasteiger partial charge is 0.457 e. The summed E-state index contributed by atoms with van der Waals surface area (Å²) in [6.45, 7) is 12.6. The summed E-state index contributed by atoms with van der Waals surface area (Å²) in [6.07, 6.45) is 2.58. The summed E-state index contributed by atoms with van der Waals surface area (Å²) in [4.78, 5) is 11.6. The topological polar surface area (TPSA) is 44.8 Å². The molecule has 0 fully saturated rings. The predicted molar refractivity (Wildman–Crippen MR) is 74.6 cm³/mol. The first-order valence-electron chi connectivity index (χ1n) is 6.66. The van der Waals surface area contributed by atoms with E-state index in [1.54, 1.807) is 6.92 Å². The van der Waals surface area contributed by atoms with E-state index in [4.69, 9.17) is 13.6 Å². The van der Waals surface area contributed by atoms with Crippen molar-refractivity contribution in [2.75, 3.05) is 13.2 Å². The van der Waals surface area contributed by atoms with Crippen molar-refractivity contribution in [3.8, 4) is 0 Å². The van der Waals surface area contributed by atoms with Gasteiger partial charge in [-0.05, 0) is 26.2 Å². The van der Waals surface area contributed by atoms with Crippen LogP contribution in [0.4, 0.5) is 0 Å². The SMILES string of the molecule is C=C(C)C(=O)OC(CC)[SiH](OCCC)OCCC. The third-order valence-electron chi connectivity index (χ3n) is 2.29. The Bertz CT molecular complexity index is 247. The van der Waals surface area contributed by atoms with E-state index in [0.29, 0.717) is 25.2 Å². The molecule has 0 spiro atoms. The van der Waals surface area contributed by atoms with Gasteiger partial charge in [-0.25, -0.2) is 4.79 Å². The first-order valence-corrected chi connectivity index (χ1v) is 8.27. The number of ether oxygens (including phenoxy) is 1. The number of carbonyl (C=O) groups excluding carboxylic acids is 1. The van der Waals surface area contributed by atoms with Gasteiger partial charge in [0.1, 0.15) is 5.73 Å². The predicted octanol–water partition coefficient (Wildman–Crippen LogP) is 2.50. The zero-order valence-corrected chi connectivity index (χ0v) is 13.2. The Labute approximate surface area is 112 Å². The fraction of sp³-hybridized carbons (Fsp3) is 0.769. The lowest BCUT2D eigenvalue weighted by molar-refractivity contribution is -0.142. The van der Waals surface area contributed by atoms with Gasteiger partial charge in [-0.3, -0.25) is 0 Å². The van der Waals surface area contributed by atoms with Gasteiger partial charge >= 0.3 is 15.3 Å². The molecule has 0 aliphatic carbocycles. The molecule has 0 aromatic heterocycles. The second kappa shape index (κ2) is 10.3. The number of carbonyl (C=O) groups is 1. The van der Waals surface area contributed by atoms with E-state index in [9.17, 15) is 4.79 Å². The molecule has 0 aromatic carbocycles. The highest BCUT2D eigenvalue weighted by Crippen LogP contribution is 2.10. The minimum atomic E-state index is -1.97. The van der Waals surface area contributed by atoms with Gasteiger partial charge in [0.25, 0.3) is 0 Å². The number of hydrogen-bond donors (Lipinski definition) is 0. The lowest BCUT2D eigenvalue weighted by atomic mass is 10.4. The smallest absolute Gasteiger partial charge is 0.363 e. The molecule has 0 saturated carbocycles. The molecule has 0 heterocycles. The Morgan fingerprint density at radius 3 is 2.00 bits per heavy atom. The van der Waals surface area contributed by atoms with E-state index in [0.717, 1.165) is 12.8 Å². The Kier molecular flexibility index (Phi) is 9.91. The second-order valence-corrected chi connectivity index (χ2v) is 6.39. The average molecular weight is 274 g/mol. The van der Waals surface area contributed by atoms with E-state index < -0.39 is 9.28 Å². The molecule has 0 saturated heterocycles. The Morgan fingerprint density at radius 1 is 1.17 bits per heavy atom. The van der Waals surface area contributed by atoms with E-state index in [2.05, 4.69) is 6.58 Å². The molecule has 0 amide bonds. The summed E-state index contributed by atoms with van der Waals surface area (Å²) < 4.78 is 16.9. The van der Waals surface area contributed by atoms with Crippen molar-refractivity contribution >= 4 is 15.3 Å². The van der Waals surface area contributed by atoms with Crippen molar-refractivity contribution in [3.63, 3.8) is 0 Å². The van der Waals surface area contributed by atoms with Gasteiger partial charge in [0.15, 0.2) is 0 Å². The van der Waals surface area contributed by atoms with Crippen molar-refractivity contribution in [2.45, 2.75) is 52.7 Å². The Hall–Kier alpha value is -0.653. The first kappa shape index (κ1) is 17.3. The molecular formula is C13H26O4Si. The number of esters is 1. The molecule has 0 aliphatic heterocycles. The molecule has 4 nitrogen and oxygen atoms in total. The molecule has 1 atom stereocenters. The molecule has 0 aliphatic rings. The standard InChI is InChI=1S/C13H26O4Si/c1-6-9-15-18(16-10-7-2)12(8-3)17-13(14)11(4)5/h12,18H,4,6-10H2,1-3,5H3. The van der Waals surface area contributed by atoms with Crippen molar-refractivity contribution in [3.05, 3.63) is 12.2 Å². The highest BCUT2D eigenvalue weighted by molar-refractivity contribution is 6.46. The molecule has 106 valence electrons. The summed E-state index contributed by atoms with van der Waals surface area (Å²) in [7, 11) is -1.97. The zero-order valence-electron chi connectivity index (χ0n) is 12.0. The van der Waals surface area contributed by atoms with Crippen LogP contribution in [0.2, 0.25) is 0 Å². The minimum absolute atomic E-state index is 0.243. The third kappa shape index (κ3) is 6.93. The molecular weight excluding hydrogens is 248 g/mol. The fourth-order valence-corrected chi connectivity index (χ4v) is 3.38. The van der Waals surface area contributed by atoms with Gasteiger partial charge in [0.05, 0.1) is 0 Å². The lowest BCUT2D eigenvalue weighted by Crippen LogP contribution is -2.41. The molecule has 1 unspecified atom stereocenters. The van der Waals surface area contributed by atoms with Crippen LogP contribution in [-0.4, -0.2) is 34.2 Å². The quantitative estimate of drug-likeness (QED) is 0.349. The maximum absolute atomic E-state index is 11.6. The Morgan fingerprint density at radius 2 is 1.67 bits per heavy atom. The van der Waals surface area contributed by atoms with Crippen LogP contribution < -0.4 is 0 Å². The van der Waals surface area contributed by atoms with Crippen molar-refractivity contribution < 1.29 is 18.4 Å². The molecule has 0 N–H and O–H groups in total. The Balaban J connectivity index is 4.47. The van der Waals surface area contributed by atoms with E-state index >= 15 is 0 Å². The average Bonchev–Trinajstić information content (AvgIpc) is 2.36. The van der Waals surface area contributed by atoms with Gasteiger partial charge in [-0.1, -0.05) is 27.4 Å². The van der Waals surface area contributed by atoms with Crippen molar-refractivity contribution in [2.24, 2.45) is 0 Å². The van der Waals surface area contributed by atoms with Crippen molar-refractivity contribution in [1.29, 1.82) is 0 Å². The highest BCUT2D eigenvalue weighted by atomic mass is 28.3. The van der Waals surface area contributed by atoms with Gasteiger partial charge < -0.3 is 13.6 Å². The first-order chi connectivity index (χ1) is 8.56. The van der Waals surface area contributed by atoms with Crippen LogP contribution >= 0.6 is 0 Å². The summed E-state index contributed by atoms with van der Waals surface area (Å²) in [5, 5.41) is 0. The van der Waals surface area contributed by atoms with E-state index in [1.807, 2.05) is 20.8 Å². The molecule has 0 rings (SSSR count). The minimum Gasteiger partial charge on any atom is -0.457 e. The molecule has 5 heteroatoms. The van der Waals surface area contributed by atoms with Crippen LogP contribution in [-0.2, 0) is 18.4 Å². The van der Waals surface area contributed by atoms with Gasteiger partial charge in [0, 0.05) is 18.8 Å². The van der Waals surface area contributed by atoms with Gasteiger partial charge in [-0.15, -0.1) is 0 Å². The van der Waals surface area contributed by atoms with Crippen LogP contribution in [0.25, 0.3) is 0 Å². The fourth-order valence-electron chi connectivity index (χ4n) is 1.30. The van der Waals surface area contributed by atoms with Crippen LogP contribution in [0, 0.1) is 0 Å². The summed E-state index contributed by atoms with van der Waals surface area (Å²) in [5.74, 6) is -0.362. The lowest BCUT2D eigenvalue weighted by Gasteiger charge is -2.24. The third-order valence-corrected chi connectivity index (χ3v) is 4.63. The van der Waals surface area contributed by atoms with Gasteiger partial charge in [0.2, 0.25) is 0 Å². The highest BCUT2D eigenvalue weighted by Gasteiger charge is 2.28. The molecule has 0 aromatic rings. The summed E-state index contributed by atoms with van der Waals surface area (Å²) in [6, 6.07) is 0. The molecule has 18 heavy (non-hydrogen) atoms. The van der Waals surface area contributed by atoms with Crippen molar-refractivity contribution in [1.82, 2.24) is 0 Å². The van der Waals surface area contributed by atoms with E-state index in [1.165, 1.54) is 0 Å². The summed E-state index contributed by atoms with van der Waals surface area (Å²) in [5.41, 5.74) is 0.166. The normalized spacial score (nSPS) is 12.5. The maximum Gasteiger partial charge on any atom is 0.363 e. The monoisotopic (exact) mass is 274 g/mol. The van der Waals surface area contributed by atoms with Crippen LogP contribution in [0.15, 0.2) is 12.2 Å². The molecule has 0 radical (unpaired) electrons. The maximum atomic E-state index is 11.6. The number of hydrogen-bond acceptors (Lipinski definition) is 4. The zero-order chi connectivity index (χ0) is 14.0. The van der Waals surface area contributed by atoms with Gasteiger partial charge in [-0.2, -0.15) is 0 Å². The molecule has 0 bridgehead atoms. The van der Waals surface area contributed by atoms with Crippen LogP contribution in [0.3, 0.4) is 0 Å². The second-order valence-electron chi connectivity index (χ2n) is 4.24. The van der Waals surface area contributed by atoms with Crippen LogP contribution in [0.1, 0.15) is 47.0 Å². The van der Waals surface area contributed by atoms with E-state index in [-0.39, 0.29) is 11.7 Å². The van der Waals surface area contributed by atoms with Crippen LogP contribution in [0.5, 0.6) is 0 Å².